The molecule has 4 heterocycles. The van der Waals surface area contributed by atoms with Crippen molar-refractivity contribution in [2.75, 3.05) is 12.4 Å². The normalized spacial score (nSPS) is 10.2. The zero-order chi connectivity index (χ0) is 19.2. The van der Waals surface area contributed by atoms with E-state index >= 15 is 0 Å². The molecule has 0 aliphatic carbocycles. The van der Waals surface area contributed by atoms with Crippen LogP contribution >= 0.6 is 34.3 Å². The minimum atomic E-state index is 0.255. The number of aromatic nitrogens is 6. The van der Waals surface area contributed by atoms with E-state index < -0.39 is 0 Å². The first kappa shape index (κ1) is 19.3. The summed E-state index contributed by atoms with van der Waals surface area (Å²) >= 11 is 8.88. The predicted molar refractivity (Wildman–Crippen MR) is 110 cm³/mol. The van der Waals surface area contributed by atoms with Crippen molar-refractivity contribution >= 4 is 40.2 Å². The molecule has 0 fully saturated rings. The predicted octanol–water partition coefficient (Wildman–Crippen LogP) is 4.51. The number of nitrogens with zero attached hydrogens (tertiary/aromatic N) is 6. The summed E-state index contributed by atoms with van der Waals surface area (Å²) in [6.07, 6.45) is 7.02. The van der Waals surface area contributed by atoms with Crippen LogP contribution in [0.1, 0.15) is 9.75 Å². The lowest BCUT2D eigenvalue weighted by Gasteiger charge is -1.98. The highest BCUT2D eigenvalue weighted by Gasteiger charge is 2.05. The number of anilines is 1. The van der Waals surface area contributed by atoms with Gasteiger partial charge in [-0.05, 0) is 37.6 Å². The fourth-order valence-corrected chi connectivity index (χ4v) is 3.61. The van der Waals surface area contributed by atoms with Crippen LogP contribution in [0.2, 0.25) is 5.28 Å². The number of hydrogen-bond donors (Lipinski definition) is 1. The number of rotatable bonds is 3. The summed E-state index contributed by atoms with van der Waals surface area (Å²) in [5, 5.41) is 4.96. The Morgan fingerprint density at radius 2 is 1.37 bits per heavy atom. The molecule has 0 aliphatic heterocycles. The van der Waals surface area contributed by atoms with E-state index in [9.17, 15) is 0 Å². The topological polar surface area (TPSA) is 89.4 Å². The van der Waals surface area contributed by atoms with Crippen LogP contribution in [0.5, 0.6) is 0 Å². The van der Waals surface area contributed by atoms with Crippen molar-refractivity contribution in [2.45, 2.75) is 13.8 Å². The van der Waals surface area contributed by atoms with Gasteiger partial charge in [0.05, 0.1) is 0 Å². The van der Waals surface area contributed by atoms with Gasteiger partial charge in [-0.1, -0.05) is 0 Å². The van der Waals surface area contributed by atoms with Crippen LogP contribution in [0.4, 0.5) is 5.95 Å². The quantitative estimate of drug-likeness (QED) is 0.490. The number of aryl methyl sites for hydroxylation is 2. The van der Waals surface area contributed by atoms with E-state index in [1.165, 1.54) is 4.88 Å². The van der Waals surface area contributed by atoms with Gasteiger partial charge in [-0.25, -0.2) is 29.9 Å². The number of thiazole rings is 2. The fourth-order valence-electron chi connectivity index (χ4n) is 2.00. The van der Waals surface area contributed by atoms with Crippen LogP contribution in [0.3, 0.4) is 0 Å². The van der Waals surface area contributed by atoms with Crippen LogP contribution in [0.25, 0.3) is 21.4 Å². The highest BCUT2D eigenvalue weighted by atomic mass is 35.5. The Morgan fingerprint density at radius 3 is 1.85 bits per heavy atom. The molecule has 0 atom stereocenters. The van der Waals surface area contributed by atoms with Crippen LogP contribution in [0.15, 0.2) is 36.9 Å². The van der Waals surface area contributed by atoms with Crippen molar-refractivity contribution in [2.24, 2.45) is 0 Å². The maximum Gasteiger partial charge on any atom is 0.223 e. The lowest BCUT2D eigenvalue weighted by Crippen LogP contribution is -1.96. The second kappa shape index (κ2) is 8.94. The summed E-state index contributed by atoms with van der Waals surface area (Å²) in [6, 6.07) is 3.66. The molecule has 0 saturated carbocycles. The SMILES string of the molecule is CNc1nccc(-c2ncc(C)s2)n1.Cc1cnc(-c2ccnc(Cl)n2)s1. The highest BCUT2D eigenvalue weighted by molar-refractivity contribution is 7.15. The molecule has 0 saturated heterocycles. The second-order valence-corrected chi connectivity index (χ2v) is 8.09. The van der Waals surface area contributed by atoms with Crippen molar-refractivity contribution in [3.8, 4) is 21.4 Å². The van der Waals surface area contributed by atoms with Crippen molar-refractivity contribution in [1.82, 2.24) is 29.9 Å². The maximum atomic E-state index is 5.66. The highest BCUT2D eigenvalue weighted by Crippen LogP contribution is 2.23. The van der Waals surface area contributed by atoms with Crippen molar-refractivity contribution < 1.29 is 0 Å². The number of hydrogen-bond acceptors (Lipinski definition) is 9. The molecule has 0 aliphatic rings. The first-order chi connectivity index (χ1) is 13.0. The Balaban J connectivity index is 0.000000156. The van der Waals surface area contributed by atoms with E-state index in [0.29, 0.717) is 5.95 Å². The smallest absolute Gasteiger partial charge is 0.223 e. The minimum absolute atomic E-state index is 0.255. The standard InChI is InChI=1S/C9H10N4S.C8H6ClN3S/c1-6-5-12-8(14-6)7-3-4-11-9(10-2)13-7;1-5-4-11-7(13-5)6-2-3-10-8(9)12-6/h3-5H,1-2H3,(H,10,11,13);2-4H,1H3. The van der Waals surface area contributed by atoms with Gasteiger partial charge >= 0.3 is 0 Å². The van der Waals surface area contributed by atoms with E-state index in [0.717, 1.165) is 26.3 Å². The van der Waals surface area contributed by atoms with Crippen molar-refractivity contribution in [1.29, 1.82) is 0 Å². The summed E-state index contributed by atoms with van der Waals surface area (Å²) in [4.78, 5) is 27.0. The van der Waals surface area contributed by atoms with Crippen LogP contribution < -0.4 is 5.32 Å². The van der Waals surface area contributed by atoms with Gasteiger partial charge in [-0.2, -0.15) is 0 Å². The molecule has 4 rings (SSSR count). The molecule has 0 spiro atoms. The Hall–Kier alpha value is -2.49. The summed E-state index contributed by atoms with van der Waals surface area (Å²) in [7, 11) is 1.80. The molecule has 10 heteroatoms. The zero-order valence-corrected chi connectivity index (χ0v) is 17.2. The lowest BCUT2D eigenvalue weighted by molar-refractivity contribution is 1.15. The van der Waals surface area contributed by atoms with Gasteiger partial charge in [-0.15, -0.1) is 22.7 Å². The van der Waals surface area contributed by atoms with Crippen molar-refractivity contribution in [3.63, 3.8) is 0 Å². The second-order valence-electron chi connectivity index (χ2n) is 5.28. The molecule has 0 bridgehead atoms. The summed E-state index contributed by atoms with van der Waals surface area (Å²) in [5.74, 6) is 0.621. The number of nitrogens with one attached hydrogen (secondary N) is 1. The molecule has 0 radical (unpaired) electrons. The molecule has 1 N–H and O–H groups in total. The Kier molecular flexibility index (Phi) is 6.38. The molecular weight excluding hydrogens is 402 g/mol. The van der Waals surface area contributed by atoms with Crippen LogP contribution in [0, 0.1) is 13.8 Å². The van der Waals surface area contributed by atoms with Gasteiger partial charge in [0.1, 0.15) is 21.4 Å². The first-order valence-corrected chi connectivity index (χ1v) is 9.91. The molecule has 4 aromatic heterocycles. The molecule has 138 valence electrons. The van der Waals surface area contributed by atoms with Gasteiger partial charge < -0.3 is 5.32 Å². The largest absolute Gasteiger partial charge is 0.357 e. The van der Waals surface area contributed by atoms with E-state index in [1.54, 1.807) is 48.2 Å². The maximum absolute atomic E-state index is 5.66. The third kappa shape index (κ3) is 5.25. The number of halogens is 1. The molecule has 0 aromatic carbocycles. The molecule has 7 nitrogen and oxygen atoms in total. The summed E-state index contributed by atoms with van der Waals surface area (Å²) in [5.41, 5.74) is 1.64. The van der Waals surface area contributed by atoms with Gasteiger partial charge in [-0.3, -0.25) is 0 Å². The Bertz CT molecular complexity index is 1030. The molecule has 0 unspecified atom stereocenters. The van der Waals surface area contributed by atoms with Gasteiger partial charge in [0.15, 0.2) is 0 Å². The molecular formula is C17H16ClN7S2. The molecule has 27 heavy (non-hydrogen) atoms. The first-order valence-electron chi connectivity index (χ1n) is 7.90. The van der Waals surface area contributed by atoms with E-state index in [4.69, 9.17) is 11.6 Å². The third-order valence-electron chi connectivity index (χ3n) is 3.19. The Labute approximate surface area is 169 Å². The molecule has 4 aromatic rings. The lowest BCUT2D eigenvalue weighted by atomic mass is 10.4. The van der Waals surface area contributed by atoms with Gasteiger partial charge in [0, 0.05) is 41.6 Å². The summed E-state index contributed by atoms with van der Waals surface area (Å²) in [6.45, 7) is 4.03. The minimum Gasteiger partial charge on any atom is -0.357 e. The van der Waals surface area contributed by atoms with Gasteiger partial charge in [0.2, 0.25) is 11.2 Å². The van der Waals surface area contributed by atoms with E-state index in [-0.39, 0.29) is 5.28 Å². The molecule has 0 amide bonds. The Morgan fingerprint density at radius 1 is 0.815 bits per heavy atom. The van der Waals surface area contributed by atoms with E-state index in [2.05, 4.69) is 35.2 Å². The zero-order valence-electron chi connectivity index (χ0n) is 14.8. The fraction of sp³-hybridized carbons (Fsp3) is 0.176. The summed E-state index contributed by atoms with van der Waals surface area (Å²) < 4.78 is 0. The monoisotopic (exact) mass is 417 g/mol. The third-order valence-corrected chi connectivity index (χ3v) is 5.24. The van der Waals surface area contributed by atoms with Crippen LogP contribution in [-0.4, -0.2) is 37.0 Å². The average molecular weight is 418 g/mol. The van der Waals surface area contributed by atoms with Gasteiger partial charge in [0.25, 0.3) is 0 Å². The van der Waals surface area contributed by atoms with E-state index in [1.807, 2.05) is 32.3 Å². The average Bonchev–Trinajstić information content (AvgIpc) is 3.31. The van der Waals surface area contributed by atoms with Crippen molar-refractivity contribution in [3.05, 3.63) is 52.0 Å². The van der Waals surface area contributed by atoms with Crippen LogP contribution in [-0.2, 0) is 0 Å².